The van der Waals surface area contributed by atoms with Gasteiger partial charge in [-0.1, -0.05) is 11.6 Å². The summed E-state index contributed by atoms with van der Waals surface area (Å²) in [6.45, 7) is 0.827. The van der Waals surface area contributed by atoms with E-state index in [-0.39, 0.29) is 41.9 Å². The molecule has 0 bridgehead atoms. The van der Waals surface area contributed by atoms with Crippen molar-refractivity contribution in [1.29, 1.82) is 0 Å². The molecular weight excluding hydrogens is 402 g/mol. The zero-order valence-electron chi connectivity index (χ0n) is 13.9. The van der Waals surface area contributed by atoms with Gasteiger partial charge in [0.25, 0.3) is 5.91 Å². The maximum atomic E-state index is 14.1. The number of carbonyl (C=O) groups is 1. The van der Waals surface area contributed by atoms with Gasteiger partial charge >= 0.3 is 0 Å². The van der Waals surface area contributed by atoms with Crippen LogP contribution in [0.5, 0.6) is 0 Å². The number of benzene rings is 2. The number of ether oxygens (including phenoxy) is 1. The van der Waals surface area contributed by atoms with Crippen LogP contribution in [0.1, 0.15) is 10.4 Å². The third kappa shape index (κ3) is 4.27. The maximum Gasteiger partial charge on any atom is 0.258 e. The molecule has 1 fully saturated rings. The number of anilines is 1. The van der Waals surface area contributed by atoms with E-state index in [1.54, 1.807) is 0 Å². The van der Waals surface area contributed by atoms with Crippen molar-refractivity contribution in [2.75, 3.05) is 31.6 Å². The molecule has 3 rings (SSSR count). The molecule has 27 heavy (non-hydrogen) atoms. The van der Waals surface area contributed by atoms with Gasteiger partial charge in [-0.05, 0) is 36.4 Å². The van der Waals surface area contributed by atoms with Crippen molar-refractivity contribution in [3.8, 4) is 0 Å². The Balaban J connectivity index is 1.91. The van der Waals surface area contributed by atoms with Crippen LogP contribution in [0.4, 0.5) is 14.5 Å². The molecule has 6 nitrogen and oxygen atoms in total. The molecule has 144 valence electrons. The first-order chi connectivity index (χ1) is 12.8. The number of hydrogen-bond acceptors (Lipinski definition) is 4. The Morgan fingerprint density at radius 3 is 2.44 bits per heavy atom. The van der Waals surface area contributed by atoms with Crippen molar-refractivity contribution in [1.82, 2.24) is 4.31 Å². The molecular formula is C17H15ClF2N2O4S. The zero-order valence-corrected chi connectivity index (χ0v) is 15.5. The van der Waals surface area contributed by atoms with Gasteiger partial charge in [-0.15, -0.1) is 0 Å². The predicted octanol–water partition coefficient (Wildman–Crippen LogP) is 2.89. The lowest BCUT2D eigenvalue weighted by atomic mass is 10.2. The van der Waals surface area contributed by atoms with Crippen LogP contribution in [0.2, 0.25) is 5.02 Å². The van der Waals surface area contributed by atoms with Crippen LogP contribution in [-0.4, -0.2) is 44.9 Å². The van der Waals surface area contributed by atoms with Gasteiger partial charge in [0, 0.05) is 18.1 Å². The average Bonchev–Trinajstić information content (AvgIpc) is 2.65. The molecule has 0 spiro atoms. The molecule has 0 saturated carbocycles. The highest BCUT2D eigenvalue weighted by atomic mass is 35.5. The van der Waals surface area contributed by atoms with E-state index in [4.69, 9.17) is 16.3 Å². The highest BCUT2D eigenvalue weighted by Gasteiger charge is 2.28. The number of sulfonamides is 1. The molecule has 10 heteroatoms. The minimum absolute atomic E-state index is 0.162. The fourth-order valence-electron chi connectivity index (χ4n) is 2.56. The number of amides is 1. The minimum atomic E-state index is -3.91. The topological polar surface area (TPSA) is 75.7 Å². The number of rotatable bonds is 4. The van der Waals surface area contributed by atoms with Gasteiger partial charge in [-0.2, -0.15) is 4.31 Å². The Morgan fingerprint density at radius 1 is 1.07 bits per heavy atom. The SMILES string of the molecule is O=C(Nc1cc(Cl)ccc1F)c1cc(S(=O)(=O)N2CCOCC2)ccc1F. The normalized spacial score (nSPS) is 15.5. The monoisotopic (exact) mass is 416 g/mol. The van der Waals surface area contributed by atoms with Crippen molar-refractivity contribution in [2.24, 2.45) is 0 Å². The summed E-state index contributed by atoms with van der Waals surface area (Å²) >= 11 is 5.76. The quantitative estimate of drug-likeness (QED) is 0.831. The molecule has 1 aliphatic heterocycles. The van der Waals surface area contributed by atoms with E-state index in [0.717, 1.165) is 24.3 Å². The molecule has 0 radical (unpaired) electrons. The largest absolute Gasteiger partial charge is 0.379 e. The molecule has 0 aromatic heterocycles. The van der Waals surface area contributed by atoms with E-state index in [1.165, 1.54) is 16.4 Å². The van der Waals surface area contributed by atoms with Gasteiger partial charge in [-0.3, -0.25) is 4.79 Å². The van der Waals surface area contributed by atoms with E-state index in [9.17, 15) is 22.0 Å². The Hall–Kier alpha value is -2.07. The summed E-state index contributed by atoms with van der Waals surface area (Å²) < 4.78 is 59.6. The second kappa shape index (κ2) is 7.89. The number of carbonyl (C=O) groups excluding carboxylic acids is 1. The summed E-state index contributed by atoms with van der Waals surface area (Å²) in [5.74, 6) is -2.69. The Bertz CT molecular complexity index is 979. The van der Waals surface area contributed by atoms with Crippen LogP contribution >= 0.6 is 11.6 Å². The predicted molar refractivity (Wildman–Crippen MR) is 95.3 cm³/mol. The second-order valence-corrected chi connectivity index (χ2v) is 8.11. The number of nitrogens with zero attached hydrogens (tertiary/aromatic N) is 1. The van der Waals surface area contributed by atoms with Gasteiger partial charge in [0.05, 0.1) is 29.4 Å². The second-order valence-electron chi connectivity index (χ2n) is 5.74. The number of morpholine rings is 1. The highest BCUT2D eigenvalue weighted by Crippen LogP contribution is 2.23. The van der Waals surface area contributed by atoms with Crippen LogP contribution < -0.4 is 5.32 Å². The first-order valence-electron chi connectivity index (χ1n) is 7.93. The van der Waals surface area contributed by atoms with Gasteiger partial charge in [0.15, 0.2) is 0 Å². The lowest BCUT2D eigenvalue weighted by Crippen LogP contribution is -2.40. The maximum absolute atomic E-state index is 14.1. The Labute approximate surface area is 159 Å². The average molecular weight is 417 g/mol. The molecule has 1 N–H and O–H groups in total. The summed E-state index contributed by atoms with van der Waals surface area (Å²) in [4.78, 5) is 12.1. The van der Waals surface area contributed by atoms with Crippen molar-refractivity contribution >= 4 is 33.2 Å². The molecule has 1 heterocycles. The lowest BCUT2D eigenvalue weighted by molar-refractivity contribution is 0.0730. The molecule has 0 atom stereocenters. The van der Waals surface area contributed by atoms with Gasteiger partial charge in [0.2, 0.25) is 10.0 Å². The smallest absolute Gasteiger partial charge is 0.258 e. The fourth-order valence-corrected chi connectivity index (χ4v) is 4.16. The highest BCUT2D eigenvalue weighted by molar-refractivity contribution is 7.89. The van der Waals surface area contributed by atoms with Gasteiger partial charge in [0.1, 0.15) is 11.6 Å². The molecule has 1 aliphatic rings. The Morgan fingerprint density at radius 2 is 1.74 bits per heavy atom. The lowest BCUT2D eigenvalue weighted by Gasteiger charge is -2.26. The summed E-state index contributed by atoms with van der Waals surface area (Å²) in [5, 5.41) is 2.38. The molecule has 2 aromatic carbocycles. The Kier molecular flexibility index (Phi) is 5.75. The van der Waals surface area contributed by atoms with Crippen molar-refractivity contribution < 1.29 is 26.7 Å². The van der Waals surface area contributed by atoms with Gasteiger partial charge in [-0.25, -0.2) is 17.2 Å². The zero-order chi connectivity index (χ0) is 19.6. The number of nitrogens with one attached hydrogen (secondary N) is 1. The van der Waals surface area contributed by atoms with Crippen LogP contribution in [0, 0.1) is 11.6 Å². The summed E-state index contributed by atoms with van der Waals surface area (Å²) in [6, 6.07) is 6.41. The standard InChI is InChI=1S/C17H15ClF2N2O4S/c18-11-1-3-15(20)16(9-11)21-17(23)13-10-12(2-4-14(13)19)27(24,25)22-5-7-26-8-6-22/h1-4,9-10H,5-8H2,(H,21,23). The number of halogens is 3. The molecule has 1 amide bonds. The van der Waals surface area contributed by atoms with Crippen LogP contribution in [-0.2, 0) is 14.8 Å². The molecule has 1 saturated heterocycles. The van der Waals surface area contributed by atoms with Crippen molar-refractivity contribution in [3.05, 3.63) is 58.6 Å². The first-order valence-corrected chi connectivity index (χ1v) is 9.75. The molecule has 0 aliphatic carbocycles. The summed E-state index contributed by atoms with van der Waals surface area (Å²) in [6.07, 6.45) is 0. The fraction of sp³-hybridized carbons (Fsp3) is 0.235. The summed E-state index contributed by atoms with van der Waals surface area (Å²) in [7, 11) is -3.91. The minimum Gasteiger partial charge on any atom is -0.379 e. The third-order valence-electron chi connectivity index (χ3n) is 3.97. The van der Waals surface area contributed by atoms with Crippen LogP contribution in [0.3, 0.4) is 0 Å². The van der Waals surface area contributed by atoms with E-state index >= 15 is 0 Å². The van der Waals surface area contributed by atoms with E-state index in [1.807, 2.05) is 0 Å². The van der Waals surface area contributed by atoms with E-state index < -0.39 is 33.1 Å². The van der Waals surface area contributed by atoms with Crippen molar-refractivity contribution in [2.45, 2.75) is 4.90 Å². The molecule has 2 aromatic rings. The van der Waals surface area contributed by atoms with Gasteiger partial charge < -0.3 is 10.1 Å². The van der Waals surface area contributed by atoms with Crippen molar-refractivity contribution in [3.63, 3.8) is 0 Å². The van der Waals surface area contributed by atoms with E-state index in [0.29, 0.717) is 0 Å². The van der Waals surface area contributed by atoms with Crippen LogP contribution in [0.15, 0.2) is 41.3 Å². The third-order valence-corrected chi connectivity index (χ3v) is 6.10. The number of hydrogen-bond donors (Lipinski definition) is 1. The van der Waals surface area contributed by atoms with E-state index in [2.05, 4.69) is 5.32 Å². The molecule has 0 unspecified atom stereocenters. The van der Waals surface area contributed by atoms with Crippen LogP contribution in [0.25, 0.3) is 0 Å². The summed E-state index contributed by atoms with van der Waals surface area (Å²) in [5.41, 5.74) is -0.767. The first kappa shape index (κ1) is 19.7.